The van der Waals surface area contributed by atoms with Gasteiger partial charge in [-0.3, -0.25) is 9.36 Å². The van der Waals surface area contributed by atoms with E-state index in [1.54, 1.807) is 42.3 Å². The number of rotatable bonds is 10. The number of carbonyl (C=O) groups is 1. The van der Waals surface area contributed by atoms with Crippen molar-refractivity contribution in [3.8, 4) is 5.75 Å². The molecule has 242 valence electrons. The SMILES string of the molecule is COc1ccc(C(OC[C@H]2O[C@@H](n3cnc4c(NC(=O)c5ccccc5)ncnc43)[C@H](O)[C@H]2I)(c2ccccc2)c2ccccc2)cc1. The van der Waals surface area contributed by atoms with Gasteiger partial charge in [0.05, 0.1) is 30.1 Å². The zero-order chi connectivity index (χ0) is 33.1. The van der Waals surface area contributed by atoms with Crippen LogP contribution in [-0.2, 0) is 15.1 Å². The molecule has 0 radical (unpaired) electrons. The maximum Gasteiger partial charge on any atom is 0.256 e. The van der Waals surface area contributed by atoms with Crippen LogP contribution in [-0.4, -0.2) is 60.4 Å². The quantitative estimate of drug-likeness (QED) is 0.0971. The summed E-state index contributed by atoms with van der Waals surface area (Å²) in [5.74, 6) is 0.690. The van der Waals surface area contributed by atoms with Crippen LogP contribution in [0.25, 0.3) is 11.2 Å². The Balaban J connectivity index is 1.19. The average Bonchev–Trinajstić information content (AvgIpc) is 3.70. The number of benzene rings is 4. The van der Waals surface area contributed by atoms with Crippen molar-refractivity contribution >= 4 is 45.5 Å². The lowest BCUT2D eigenvalue weighted by atomic mass is 9.80. The van der Waals surface area contributed by atoms with E-state index in [9.17, 15) is 9.90 Å². The molecule has 2 N–H and O–H groups in total. The molecular formula is C37H32IN5O5. The Morgan fingerprint density at radius 3 is 2.10 bits per heavy atom. The van der Waals surface area contributed by atoms with Gasteiger partial charge in [0.2, 0.25) is 0 Å². The molecule has 0 bridgehead atoms. The van der Waals surface area contributed by atoms with Crippen molar-refractivity contribution in [1.82, 2.24) is 19.5 Å². The van der Waals surface area contributed by atoms with Gasteiger partial charge in [0.1, 0.15) is 23.8 Å². The Morgan fingerprint density at radius 2 is 1.48 bits per heavy atom. The molecule has 0 aliphatic carbocycles. The van der Waals surface area contributed by atoms with E-state index in [1.165, 1.54) is 6.33 Å². The zero-order valence-corrected chi connectivity index (χ0v) is 28.0. The number of nitrogens with zero attached hydrogens (tertiary/aromatic N) is 4. The number of imidazole rings is 1. The van der Waals surface area contributed by atoms with Gasteiger partial charge in [-0.05, 0) is 41.0 Å². The molecule has 0 spiro atoms. The highest BCUT2D eigenvalue weighted by atomic mass is 127. The number of hydrogen-bond donors (Lipinski definition) is 2. The maximum atomic E-state index is 12.9. The van der Waals surface area contributed by atoms with Crippen molar-refractivity contribution in [2.75, 3.05) is 19.0 Å². The number of halogens is 1. The van der Waals surface area contributed by atoms with Crippen LogP contribution in [0.4, 0.5) is 5.82 Å². The van der Waals surface area contributed by atoms with Crippen molar-refractivity contribution in [2.24, 2.45) is 0 Å². The van der Waals surface area contributed by atoms with E-state index in [4.69, 9.17) is 14.2 Å². The Kier molecular flexibility index (Phi) is 9.17. The summed E-state index contributed by atoms with van der Waals surface area (Å²) < 4.78 is 20.4. The van der Waals surface area contributed by atoms with Gasteiger partial charge < -0.3 is 24.6 Å². The first-order valence-electron chi connectivity index (χ1n) is 15.4. The Bertz CT molecular complexity index is 1950. The van der Waals surface area contributed by atoms with E-state index in [0.717, 1.165) is 22.4 Å². The molecule has 7 rings (SSSR count). The van der Waals surface area contributed by atoms with Crippen LogP contribution in [0.2, 0.25) is 0 Å². The molecule has 0 unspecified atom stereocenters. The van der Waals surface area contributed by atoms with Gasteiger partial charge in [0, 0.05) is 5.56 Å². The van der Waals surface area contributed by atoms with Gasteiger partial charge in [-0.15, -0.1) is 0 Å². The number of nitrogens with one attached hydrogen (secondary N) is 1. The second kappa shape index (κ2) is 13.8. The predicted octanol–water partition coefficient (Wildman–Crippen LogP) is 6.16. The van der Waals surface area contributed by atoms with Crippen LogP contribution in [0.3, 0.4) is 0 Å². The minimum Gasteiger partial charge on any atom is -0.497 e. The number of ether oxygens (including phenoxy) is 3. The molecule has 0 saturated carbocycles. The van der Waals surface area contributed by atoms with Crippen LogP contribution in [0.1, 0.15) is 33.3 Å². The number of hydrogen-bond acceptors (Lipinski definition) is 8. The second-order valence-corrected chi connectivity index (χ2v) is 12.8. The molecule has 48 heavy (non-hydrogen) atoms. The third kappa shape index (κ3) is 5.94. The first-order chi connectivity index (χ1) is 23.5. The summed E-state index contributed by atoms with van der Waals surface area (Å²) in [7, 11) is 1.64. The van der Waals surface area contributed by atoms with E-state index >= 15 is 0 Å². The zero-order valence-electron chi connectivity index (χ0n) is 25.9. The number of fused-ring (bicyclic) bond motifs is 1. The third-order valence-corrected chi connectivity index (χ3v) is 10.0. The van der Waals surface area contributed by atoms with Gasteiger partial charge in [0.25, 0.3) is 5.91 Å². The van der Waals surface area contributed by atoms with Gasteiger partial charge in [-0.1, -0.05) is 114 Å². The molecule has 6 aromatic rings. The largest absolute Gasteiger partial charge is 0.497 e. The summed E-state index contributed by atoms with van der Waals surface area (Å²) in [6, 6.07) is 36.9. The van der Waals surface area contributed by atoms with Crippen molar-refractivity contribution in [3.05, 3.63) is 150 Å². The summed E-state index contributed by atoms with van der Waals surface area (Å²) >= 11 is 2.22. The molecule has 1 saturated heterocycles. The summed E-state index contributed by atoms with van der Waals surface area (Å²) in [5.41, 5.74) is 3.12. The average molecular weight is 754 g/mol. The van der Waals surface area contributed by atoms with E-state index in [0.29, 0.717) is 16.7 Å². The van der Waals surface area contributed by atoms with E-state index < -0.39 is 24.0 Å². The number of aliphatic hydroxyl groups is 1. The van der Waals surface area contributed by atoms with Gasteiger partial charge in [0.15, 0.2) is 23.2 Å². The third-order valence-electron chi connectivity index (χ3n) is 8.51. The molecule has 10 nitrogen and oxygen atoms in total. The number of anilines is 1. The number of carbonyl (C=O) groups excluding carboxylic acids is 1. The standard InChI is InChI=1S/C37H32IN5O5/c1-46-28-19-17-27(18-20-28)37(25-13-7-3-8-14-25,26-15-9-4-10-16-26)47-21-29-30(38)32(44)36(48-29)43-23-41-31-33(39-22-40-34(31)43)42-35(45)24-11-5-2-6-12-24/h2-20,22-23,29-30,32,36,44H,21H2,1H3,(H,39,40,42,45)/t29-,30+,32-,36-/m1/s1. The second-order valence-electron chi connectivity index (χ2n) is 11.3. The summed E-state index contributed by atoms with van der Waals surface area (Å²) in [6.07, 6.45) is 0.702. The fourth-order valence-electron chi connectivity index (χ4n) is 6.10. The highest BCUT2D eigenvalue weighted by Gasteiger charge is 2.46. The Hall–Kier alpha value is -4.69. The summed E-state index contributed by atoms with van der Waals surface area (Å²) in [4.78, 5) is 26.1. The van der Waals surface area contributed by atoms with E-state index in [1.807, 2.05) is 66.7 Å². The topological polar surface area (TPSA) is 121 Å². The Morgan fingerprint density at radius 1 is 0.875 bits per heavy atom. The fourth-order valence-corrected chi connectivity index (χ4v) is 6.83. The summed E-state index contributed by atoms with van der Waals surface area (Å²) in [6.45, 7) is 0.164. The van der Waals surface area contributed by atoms with Gasteiger partial charge in [-0.25, -0.2) is 15.0 Å². The first kappa shape index (κ1) is 31.9. The smallest absolute Gasteiger partial charge is 0.256 e. The highest BCUT2D eigenvalue weighted by Crippen LogP contribution is 2.43. The molecule has 1 fully saturated rings. The molecule has 3 heterocycles. The van der Waals surface area contributed by atoms with Crippen LogP contribution in [0, 0.1) is 0 Å². The lowest BCUT2D eigenvalue weighted by Gasteiger charge is -2.37. The number of aromatic nitrogens is 4. The molecule has 4 atom stereocenters. The van der Waals surface area contributed by atoms with Crippen molar-refractivity contribution in [3.63, 3.8) is 0 Å². The van der Waals surface area contributed by atoms with Gasteiger partial charge in [-0.2, -0.15) is 0 Å². The molecule has 2 aromatic heterocycles. The minimum absolute atomic E-state index is 0.164. The normalized spacial score (nSPS) is 19.3. The molecule has 4 aromatic carbocycles. The van der Waals surface area contributed by atoms with Crippen molar-refractivity contribution in [1.29, 1.82) is 0 Å². The maximum absolute atomic E-state index is 12.9. The van der Waals surface area contributed by atoms with Crippen LogP contribution in [0.5, 0.6) is 5.75 Å². The molecule has 11 heteroatoms. The Labute approximate surface area is 290 Å². The molecule has 1 aliphatic rings. The van der Waals surface area contributed by atoms with Crippen LogP contribution >= 0.6 is 22.6 Å². The number of amides is 1. The van der Waals surface area contributed by atoms with Crippen molar-refractivity contribution in [2.45, 2.75) is 28.0 Å². The van der Waals surface area contributed by atoms with Crippen molar-refractivity contribution < 1.29 is 24.1 Å². The van der Waals surface area contributed by atoms with Gasteiger partial charge >= 0.3 is 0 Å². The molecule has 1 aliphatic heterocycles. The van der Waals surface area contributed by atoms with Crippen LogP contribution < -0.4 is 10.1 Å². The van der Waals surface area contributed by atoms with Crippen LogP contribution in [0.15, 0.2) is 128 Å². The lowest BCUT2D eigenvalue weighted by molar-refractivity contribution is -0.0846. The first-order valence-corrected chi connectivity index (χ1v) is 16.6. The minimum atomic E-state index is -0.988. The number of alkyl halides is 1. The monoisotopic (exact) mass is 753 g/mol. The number of aliphatic hydroxyl groups excluding tert-OH is 1. The predicted molar refractivity (Wildman–Crippen MR) is 189 cm³/mol. The number of methoxy groups -OCH3 is 1. The van der Waals surface area contributed by atoms with E-state index in [-0.39, 0.29) is 22.3 Å². The highest BCUT2D eigenvalue weighted by molar-refractivity contribution is 14.1. The fraction of sp³-hybridized carbons (Fsp3) is 0.189. The lowest BCUT2D eigenvalue weighted by Crippen LogP contribution is -2.38. The molecule has 1 amide bonds. The molecular weight excluding hydrogens is 721 g/mol. The van der Waals surface area contributed by atoms with E-state index in [2.05, 4.69) is 67.1 Å². The summed E-state index contributed by atoms with van der Waals surface area (Å²) in [5, 5.41) is 14.3.